The molecule has 2 N–H and O–H groups in total. The predicted molar refractivity (Wildman–Crippen MR) is 96.2 cm³/mol. The van der Waals surface area contributed by atoms with E-state index in [-0.39, 0.29) is 11.8 Å². The van der Waals surface area contributed by atoms with Gasteiger partial charge in [-0.25, -0.2) is 0 Å². The molecule has 0 aliphatic carbocycles. The van der Waals surface area contributed by atoms with Crippen LogP contribution in [-0.4, -0.2) is 19.0 Å². The summed E-state index contributed by atoms with van der Waals surface area (Å²) in [6.45, 7) is 4.31. The molecule has 0 spiro atoms. The third kappa shape index (κ3) is 4.36. The molecule has 2 aromatic rings. The van der Waals surface area contributed by atoms with Crippen LogP contribution in [0.25, 0.3) is 0 Å². The van der Waals surface area contributed by atoms with E-state index in [1.54, 1.807) is 0 Å². The van der Waals surface area contributed by atoms with Gasteiger partial charge in [0.2, 0.25) is 5.91 Å². The van der Waals surface area contributed by atoms with Crippen LogP contribution < -0.4 is 15.4 Å². The summed E-state index contributed by atoms with van der Waals surface area (Å²) in [4.78, 5) is 12.3. The van der Waals surface area contributed by atoms with Crippen molar-refractivity contribution in [2.45, 2.75) is 26.4 Å². The van der Waals surface area contributed by atoms with E-state index < -0.39 is 0 Å². The number of ether oxygens (including phenoxy) is 1. The molecule has 1 atom stereocenters. The van der Waals surface area contributed by atoms with Gasteiger partial charge < -0.3 is 15.4 Å². The van der Waals surface area contributed by atoms with Crippen molar-refractivity contribution in [3.8, 4) is 5.75 Å². The number of hydrogen-bond acceptors (Lipinski definition) is 3. The number of benzene rings is 2. The van der Waals surface area contributed by atoms with Gasteiger partial charge in [0, 0.05) is 12.2 Å². The number of rotatable bonds is 5. The van der Waals surface area contributed by atoms with E-state index in [9.17, 15) is 4.79 Å². The molecule has 4 nitrogen and oxygen atoms in total. The second-order valence-corrected chi connectivity index (χ2v) is 6.28. The molecule has 1 unspecified atom stereocenters. The Morgan fingerprint density at radius 2 is 2.08 bits per heavy atom. The second-order valence-electron chi connectivity index (χ2n) is 6.28. The molecule has 1 heterocycles. The smallest absolute Gasteiger partial charge is 0.228 e. The summed E-state index contributed by atoms with van der Waals surface area (Å²) in [5.74, 6) is 0.976. The van der Waals surface area contributed by atoms with Gasteiger partial charge in [-0.05, 0) is 55.6 Å². The first-order chi connectivity index (χ1) is 11.7. The van der Waals surface area contributed by atoms with Gasteiger partial charge in [-0.1, -0.05) is 30.3 Å². The summed E-state index contributed by atoms with van der Waals surface area (Å²) in [6.07, 6.45) is 2.01. The molecule has 1 fully saturated rings. The highest BCUT2D eigenvalue weighted by Gasteiger charge is 2.21. The van der Waals surface area contributed by atoms with Crippen molar-refractivity contribution in [2.75, 3.05) is 18.4 Å². The average Bonchev–Trinajstić information content (AvgIpc) is 2.63. The van der Waals surface area contributed by atoms with Gasteiger partial charge in [-0.15, -0.1) is 0 Å². The van der Waals surface area contributed by atoms with Gasteiger partial charge in [-0.2, -0.15) is 0 Å². The molecule has 126 valence electrons. The average molecular weight is 324 g/mol. The monoisotopic (exact) mass is 324 g/mol. The summed E-state index contributed by atoms with van der Waals surface area (Å²) in [5, 5.41) is 6.32. The van der Waals surface area contributed by atoms with Crippen LogP contribution in [0.15, 0.2) is 48.5 Å². The van der Waals surface area contributed by atoms with Crippen LogP contribution in [0.1, 0.15) is 24.0 Å². The topological polar surface area (TPSA) is 50.4 Å². The number of carbonyl (C=O) groups excluding carboxylic acids is 1. The lowest BCUT2D eigenvalue weighted by molar-refractivity contribution is -0.120. The highest BCUT2D eigenvalue weighted by atomic mass is 16.5. The van der Waals surface area contributed by atoms with E-state index in [0.717, 1.165) is 48.5 Å². The molecular formula is C20H24N2O2. The molecule has 0 saturated carbocycles. The standard InChI is InChI=1S/C20H24N2O2/c1-15-12-18(24-14-16-6-3-2-4-7-16)9-10-19(15)22-20(23)17-8-5-11-21-13-17/h2-4,6-7,9-10,12,17,21H,5,8,11,13-14H2,1H3,(H,22,23). The zero-order valence-corrected chi connectivity index (χ0v) is 14.0. The molecule has 0 radical (unpaired) electrons. The number of anilines is 1. The number of carbonyl (C=O) groups is 1. The lowest BCUT2D eigenvalue weighted by atomic mass is 9.98. The molecule has 4 heteroatoms. The zero-order chi connectivity index (χ0) is 16.8. The minimum atomic E-state index is 0.0622. The summed E-state index contributed by atoms with van der Waals surface area (Å²) >= 11 is 0. The zero-order valence-electron chi connectivity index (χ0n) is 14.0. The fourth-order valence-electron chi connectivity index (χ4n) is 2.92. The molecule has 1 amide bonds. The summed E-state index contributed by atoms with van der Waals surface area (Å²) in [5.41, 5.74) is 3.01. The first-order valence-electron chi connectivity index (χ1n) is 8.51. The summed E-state index contributed by atoms with van der Waals surface area (Å²) < 4.78 is 5.83. The fraction of sp³-hybridized carbons (Fsp3) is 0.350. The van der Waals surface area contributed by atoms with Gasteiger partial charge >= 0.3 is 0 Å². The lowest BCUT2D eigenvalue weighted by Gasteiger charge is -2.22. The molecule has 2 aromatic carbocycles. The van der Waals surface area contributed by atoms with Crippen LogP contribution in [-0.2, 0) is 11.4 Å². The highest BCUT2D eigenvalue weighted by Crippen LogP contribution is 2.23. The first kappa shape index (κ1) is 16.5. The van der Waals surface area contributed by atoms with Crippen molar-refractivity contribution in [2.24, 2.45) is 5.92 Å². The largest absolute Gasteiger partial charge is 0.489 e. The summed E-state index contributed by atoms with van der Waals surface area (Å²) in [6, 6.07) is 15.9. The highest BCUT2D eigenvalue weighted by molar-refractivity contribution is 5.93. The molecule has 1 saturated heterocycles. The minimum absolute atomic E-state index is 0.0622. The number of aryl methyl sites for hydroxylation is 1. The van der Waals surface area contributed by atoms with Gasteiger partial charge in [0.15, 0.2) is 0 Å². The second kappa shape index (κ2) is 7.97. The maximum absolute atomic E-state index is 12.3. The van der Waals surface area contributed by atoms with Crippen molar-refractivity contribution in [1.82, 2.24) is 5.32 Å². The quantitative estimate of drug-likeness (QED) is 0.885. The first-order valence-corrected chi connectivity index (χ1v) is 8.51. The Bertz CT molecular complexity index is 679. The Balaban J connectivity index is 1.58. The van der Waals surface area contributed by atoms with Crippen LogP contribution in [0, 0.1) is 12.8 Å². The third-order valence-corrected chi connectivity index (χ3v) is 4.37. The van der Waals surface area contributed by atoms with Crippen molar-refractivity contribution in [3.05, 3.63) is 59.7 Å². The van der Waals surface area contributed by atoms with Crippen LogP contribution >= 0.6 is 0 Å². The number of hydrogen-bond donors (Lipinski definition) is 2. The molecule has 0 aromatic heterocycles. The maximum atomic E-state index is 12.3. The Morgan fingerprint density at radius 1 is 1.25 bits per heavy atom. The van der Waals surface area contributed by atoms with Gasteiger partial charge in [0.05, 0.1) is 5.92 Å². The summed E-state index contributed by atoms with van der Waals surface area (Å²) in [7, 11) is 0. The van der Waals surface area contributed by atoms with E-state index >= 15 is 0 Å². The van der Waals surface area contributed by atoms with E-state index in [2.05, 4.69) is 10.6 Å². The number of piperidine rings is 1. The lowest BCUT2D eigenvalue weighted by Crippen LogP contribution is -2.37. The van der Waals surface area contributed by atoms with Crippen molar-refractivity contribution in [1.29, 1.82) is 0 Å². The van der Waals surface area contributed by atoms with Crippen molar-refractivity contribution < 1.29 is 9.53 Å². The van der Waals surface area contributed by atoms with Crippen LogP contribution in [0.3, 0.4) is 0 Å². The van der Waals surface area contributed by atoms with Gasteiger partial charge in [0.1, 0.15) is 12.4 Å². The van der Waals surface area contributed by atoms with Gasteiger partial charge in [-0.3, -0.25) is 4.79 Å². The molecule has 1 aliphatic heterocycles. The number of amides is 1. The minimum Gasteiger partial charge on any atom is -0.489 e. The Labute approximate surface area is 143 Å². The van der Waals surface area contributed by atoms with Crippen molar-refractivity contribution >= 4 is 11.6 Å². The predicted octanol–water partition coefficient (Wildman–Crippen LogP) is 3.51. The van der Waals surface area contributed by atoms with Crippen LogP contribution in [0.5, 0.6) is 5.75 Å². The van der Waals surface area contributed by atoms with Crippen LogP contribution in [0.4, 0.5) is 5.69 Å². The Kier molecular flexibility index (Phi) is 5.49. The normalized spacial score (nSPS) is 17.3. The van der Waals surface area contributed by atoms with Crippen LogP contribution in [0.2, 0.25) is 0 Å². The van der Waals surface area contributed by atoms with Crippen molar-refractivity contribution in [3.63, 3.8) is 0 Å². The molecule has 24 heavy (non-hydrogen) atoms. The SMILES string of the molecule is Cc1cc(OCc2ccccc2)ccc1NC(=O)C1CCCNC1. The molecule has 1 aliphatic rings. The fourth-order valence-corrected chi connectivity index (χ4v) is 2.92. The Hall–Kier alpha value is -2.33. The van der Waals surface area contributed by atoms with Gasteiger partial charge in [0.25, 0.3) is 0 Å². The third-order valence-electron chi connectivity index (χ3n) is 4.37. The number of nitrogens with one attached hydrogen (secondary N) is 2. The molecule has 3 rings (SSSR count). The maximum Gasteiger partial charge on any atom is 0.228 e. The van der Waals surface area contributed by atoms with E-state index in [1.165, 1.54) is 0 Å². The van der Waals surface area contributed by atoms with E-state index in [4.69, 9.17) is 4.74 Å². The molecular weight excluding hydrogens is 300 g/mol. The van der Waals surface area contributed by atoms with E-state index in [1.807, 2.05) is 55.5 Å². The molecule has 0 bridgehead atoms. The van der Waals surface area contributed by atoms with E-state index in [0.29, 0.717) is 6.61 Å². The Morgan fingerprint density at radius 3 is 2.79 bits per heavy atom.